The van der Waals surface area contributed by atoms with Crippen molar-refractivity contribution in [2.45, 2.75) is 47.3 Å². The van der Waals surface area contributed by atoms with Gasteiger partial charge in [-0.05, 0) is 52.3 Å². The molecule has 8 nitrogen and oxygen atoms in total. The van der Waals surface area contributed by atoms with Gasteiger partial charge in [-0.2, -0.15) is 5.10 Å². The van der Waals surface area contributed by atoms with Gasteiger partial charge in [0, 0.05) is 41.2 Å². The predicted molar refractivity (Wildman–Crippen MR) is 126 cm³/mol. The summed E-state index contributed by atoms with van der Waals surface area (Å²) in [5, 5.41) is 4.28. The molecule has 4 rings (SSSR count). The van der Waals surface area contributed by atoms with Crippen LogP contribution >= 0.6 is 0 Å². The van der Waals surface area contributed by atoms with Crippen LogP contribution in [0.3, 0.4) is 0 Å². The Morgan fingerprint density at radius 3 is 2.61 bits per heavy atom. The van der Waals surface area contributed by atoms with Crippen molar-refractivity contribution in [3.8, 4) is 22.6 Å². The Kier molecular flexibility index (Phi) is 6.01. The summed E-state index contributed by atoms with van der Waals surface area (Å²) in [6.45, 7) is 10.4. The van der Waals surface area contributed by atoms with Crippen molar-refractivity contribution in [3.05, 3.63) is 62.8 Å². The predicted octanol–water partition coefficient (Wildman–Crippen LogP) is 3.52. The molecule has 0 spiro atoms. The van der Waals surface area contributed by atoms with Gasteiger partial charge in [0.25, 0.3) is 11.5 Å². The van der Waals surface area contributed by atoms with Crippen LogP contribution in [0.4, 0.5) is 0 Å². The van der Waals surface area contributed by atoms with Crippen LogP contribution in [0.2, 0.25) is 0 Å². The van der Waals surface area contributed by atoms with Crippen molar-refractivity contribution in [3.63, 3.8) is 0 Å². The molecule has 3 heterocycles. The number of nitrogens with zero attached hydrogens (tertiary/aromatic N) is 3. The molecule has 8 heteroatoms. The normalized spacial score (nSPS) is 13.7. The smallest absolute Gasteiger partial charge is 0.258 e. The van der Waals surface area contributed by atoms with Gasteiger partial charge in [-0.1, -0.05) is 0 Å². The lowest BCUT2D eigenvalue weighted by Crippen LogP contribution is -2.35. The summed E-state index contributed by atoms with van der Waals surface area (Å²) in [4.78, 5) is 31.0. The number of ether oxygens (including phenoxy) is 2. The maximum Gasteiger partial charge on any atom is 0.258 e. The molecule has 0 radical (unpaired) electrons. The first-order chi connectivity index (χ1) is 15.7. The van der Waals surface area contributed by atoms with E-state index < -0.39 is 0 Å². The van der Waals surface area contributed by atoms with Gasteiger partial charge < -0.3 is 19.4 Å². The van der Waals surface area contributed by atoms with Crippen LogP contribution in [0.15, 0.2) is 29.3 Å². The number of nitrogens with one attached hydrogen (secondary N) is 1. The zero-order valence-electron chi connectivity index (χ0n) is 20.0. The van der Waals surface area contributed by atoms with Crippen LogP contribution in [0.5, 0.6) is 11.5 Å². The highest BCUT2D eigenvalue weighted by atomic mass is 16.5. The molecule has 0 bridgehead atoms. The molecule has 0 saturated carbocycles. The lowest BCUT2D eigenvalue weighted by Gasteiger charge is -2.23. The SMILES string of the molecule is Cc1cc(C)c(CN2CCOc3c(-c4cnn(C)c4)cc(OC(C)C)c(C)c3C2=O)c(=O)[nH]1. The zero-order chi connectivity index (χ0) is 23.9. The average molecular weight is 451 g/mol. The van der Waals surface area contributed by atoms with Gasteiger partial charge in [-0.15, -0.1) is 0 Å². The maximum absolute atomic E-state index is 13.8. The van der Waals surface area contributed by atoms with Crippen LogP contribution in [-0.2, 0) is 13.6 Å². The summed E-state index contributed by atoms with van der Waals surface area (Å²) in [5.74, 6) is 0.975. The summed E-state index contributed by atoms with van der Waals surface area (Å²) in [6.07, 6.45) is 3.57. The number of hydrogen-bond acceptors (Lipinski definition) is 5. The molecule has 1 aliphatic rings. The number of H-pyrrole nitrogens is 1. The quantitative estimate of drug-likeness (QED) is 0.642. The summed E-state index contributed by atoms with van der Waals surface area (Å²) < 4.78 is 13.9. The standard InChI is InChI=1S/C25H30N4O4/c1-14(2)33-21-10-19(18-11-26-28(6)12-18)23-22(17(21)5)25(31)29(7-8-32-23)13-20-15(3)9-16(4)27-24(20)30/h9-12,14H,7-8,13H2,1-6H3,(H,27,30). The molecular weight excluding hydrogens is 420 g/mol. The van der Waals surface area contributed by atoms with Gasteiger partial charge in [-0.25, -0.2) is 0 Å². The van der Waals surface area contributed by atoms with Gasteiger partial charge >= 0.3 is 0 Å². The van der Waals surface area contributed by atoms with E-state index in [0.717, 1.165) is 27.9 Å². The summed E-state index contributed by atoms with van der Waals surface area (Å²) in [5.41, 5.74) is 4.85. The number of carbonyl (C=O) groups is 1. The Balaban J connectivity index is 1.84. The molecule has 33 heavy (non-hydrogen) atoms. The van der Waals surface area contributed by atoms with Crippen LogP contribution < -0.4 is 15.0 Å². The fourth-order valence-electron chi connectivity index (χ4n) is 4.23. The molecule has 174 valence electrons. The van der Waals surface area contributed by atoms with Crippen molar-refractivity contribution in [2.75, 3.05) is 13.2 Å². The third kappa shape index (κ3) is 4.37. The van der Waals surface area contributed by atoms with Crippen molar-refractivity contribution in [1.29, 1.82) is 0 Å². The van der Waals surface area contributed by atoms with Crippen molar-refractivity contribution >= 4 is 5.91 Å². The number of aryl methyl sites for hydroxylation is 3. The highest BCUT2D eigenvalue weighted by Gasteiger charge is 2.31. The van der Waals surface area contributed by atoms with Crippen molar-refractivity contribution < 1.29 is 14.3 Å². The Labute approximate surface area is 193 Å². The van der Waals surface area contributed by atoms with Crippen molar-refractivity contribution in [1.82, 2.24) is 19.7 Å². The summed E-state index contributed by atoms with van der Waals surface area (Å²) >= 11 is 0. The monoisotopic (exact) mass is 450 g/mol. The number of aromatic nitrogens is 3. The van der Waals surface area contributed by atoms with E-state index in [9.17, 15) is 9.59 Å². The Morgan fingerprint density at radius 1 is 1.21 bits per heavy atom. The van der Waals surface area contributed by atoms with Crippen LogP contribution in [0.1, 0.15) is 46.6 Å². The third-order valence-electron chi connectivity index (χ3n) is 5.82. The first-order valence-electron chi connectivity index (χ1n) is 11.1. The Hall–Kier alpha value is -3.55. The van der Waals surface area contributed by atoms with Gasteiger partial charge in [0.05, 0.1) is 31.0 Å². The summed E-state index contributed by atoms with van der Waals surface area (Å²) in [6, 6.07) is 3.84. The lowest BCUT2D eigenvalue weighted by atomic mass is 9.97. The minimum atomic E-state index is -0.182. The van der Waals surface area contributed by atoms with Crippen LogP contribution in [0, 0.1) is 20.8 Å². The Bertz CT molecular complexity index is 1270. The van der Waals surface area contributed by atoms with Crippen LogP contribution in [0.25, 0.3) is 11.1 Å². The van der Waals surface area contributed by atoms with Gasteiger partial charge in [0.1, 0.15) is 18.1 Å². The zero-order valence-corrected chi connectivity index (χ0v) is 20.0. The largest absolute Gasteiger partial charge is 0.491 e. The molecule has 1 aromatic carbocycles. The topological polar surface area (TPSA) is 89.4 Å². The Morgan fingerprint density at radius 2 is 1.97 bits per heavy atom. The van der Waals surface area contributed by atoms with E-state index in [2.05, 4.69) is 10.1 Å². The van der Waals surface area contributed by atoms with E-state index in [1.807, 2.05) is 60.0 Å². The van der Waals surface area contributed by atoms with E-state index in [1.54, 1.807) is 15.8 Å². The molecule has 0 atom stereocenters. The molecule has 2 aromatic heterocycles. The molecular formula is C25H30N4O4. The highest BCUT2D eigenvalue weighted by molar-refractivity contribution is 6.02. The van der Waals surface area contributed by atoms with Gasteiger partial charge in [0.15, 0.2) is 0 Å². The molecule has 0 saturated heterocycles. The second-order valence-corrected chi connectivity index (χ2v) is 8.84. The second-order valence-electron chi connectivity index (χ2n) is 8.84. The molecule has 0 aliphatic carbocycles. The van der Waals surface area contributed by atoms with E-state index in [-0.39, 0.29) is 24.1 Å². The first kappa shape index (κ1) is 22.6. The van der Waals surface area contributed by atoms with Gasteiger partial charge in [0.2, 0.25) is 0 Å². The number of amides is 1. The van der Waals surface area contributed by atoms with E-state index in [1.165, 1.54) is 0 Å². The molecule has 0 unspecified atom stereocenters. The van der Waals surface area contributed by atoms with Crippen molar-refractivity contribution in [2.24, 2.45) is 7.05 Å². The number of pyridine rings is 1. The fourth-order valence-corrected chi connectivity index (χ4v) is 4.23. The molecule has 3 aromatic rings. The average Bonchev–Trinajstić information content (AvgIpc) is 3.08. The van der Waals surface area contributed by atoms with Crippen LogP contribution in [-0.4, -0.2) is 44.8 Å². The lowest BCUT2D eigenvalue weighted by molar-refractivity contribution is 0.0741. The summed E-state index contributed by atoms with van der Waals surface area (Å²) in [7, 11) is 1.84. The maximum atomic E-state index is 13.8. The molecule has 1 aliphatic heterocycles. The number of rotatable bonds is 5. The van der Waals surface area contributed by atoms with E-state index in [4.69, 9.17) is 9.47 Å². The van der Waals surface area contributed by atoms with Gasteiger partial charge in [-0.3, -0.25) is 14.3 Å². The molecule has 0 fully saturated rings. The number of aromatic amines is 1. The molecule has 1 amide bonds. The highest BCUT2D eigenvalue weighted by Crippen LogP contribution is 2.42. The third-order valence-corrected chi connectivity index (χ3v) is 5.82. The van der Waals surface area contributed by atoms with E-state index in [0.29, 0.717) is 35.8 Å². The second kappa shape index (κ2) is 8.77. The first-order valence-corrected chi connectivity index (χ1v) is 11.1. The number of carbonyl (C=O) groups excluding carboxylic acids is 1. The number of hydrogen-bond donors (Lipinski definition) is 1. The molecule has 1 N–H and O–H groups in total. The minimum Gasteiger partial charge on any atom is -0.491 e. The number of fused-ring (bicyclic) bond motifs is 1. The number of benzene rings is 1. The minimum absolute atomic E-state index is 0.0600. The van der Waals surface area contributed by atoms with E-state index >= 15 is 0 Å². The fraction of sp³-hybridized carbons (Fsp3) is 0.400.